The lowest BCUT2D eigenvalue weighted by molar-refractivity contribution is -0.0498. The largest absolute Gasteiger partial charge is 0.435 e. The van der Waals surface area contributed by atoms with Gasteiger partial charge in [0.05, 0.1) is 0 Å². The molecule has 19 heavy (non-hydrogen) atoms. The molecule has 0 aliphatic carbocycles. The van der Waals surface area contributed by atoms with Crippen molar-refractivity contribution in [3.05, 3.63) is 54.4 Å². The Morgan fingerprint density at radius 3 is 2.53 bits per heavy atom. The minimum absolute atomic E-state index is 0.158. The Balaban J connectivity index is 1.80. The zero-order valence-electron chi connectivity index (χ0n) is 10.2. The Labute approximate surface area is 110 Å². The number of aromatic nitrogens is 1. The van der Waals surface area contributed by atoms with Gasteiger partial charge in [-0.2, -0.15) is 8.78 Å². The SMILES string of the molecule is FC(F)Oc1ccc(NCCc2ccccn2)cc1. The molecule has 1 aromatic heterocycles. The fourth-order valence-electron chi connectivity index (χ4n) is 1.64. The highest BCUT2D eigenvalue weighted by Gasteiger charge is 2.03. The normalized spacial score (nSPS) is 10.5. The Morgan fingerprint density at radius 2 is 1.89 bits per heavy atom. The maximum atomic E-state index is 12.0. The number of pyridine rings is 1. The summed E-state index contributed by atoms with van der Waals surface area (Å²) in [7, 11) is 0. The smallest absolute Gasteiger partial charge is 0.387 e. The van der Waals surface area contributed by atoms with Crippen LogP contribution in [0.15, 0.2) is 48.7 Å². The van der Waals surface area contributed by atoms with E-state index in [9.17, 15) is 8.78 Å². The number of benzene rings is 1. The number of nitrogens with one attached hydrogen (secondary N) is 1. The maximum absolute atomic E-state index is 12.0. The minimum atomic E-state index is -2.79. The lowest BCUT2D eigenvalue weighted by Gasteiger charge is -2.08. The van der Waals surface area contributed by atoms with Crippen LogP contribution in [0.5, 0.6) is 5.75 Å². The summed E-state index contributed by atoms with van der Waals surface area (Å²) in [6.45, 7) is -2.06. The van der Waals surface area contributed by atoms with Gasteiger partial charge in [-0.25, -0.2) is 0 Å². The monoisotopic (exact) mass is 264 g/mol. The third-order valence-corrected chi connectivity index (χ3v) is 2.52. The first-order chi connectivity index (χ1) is 9.24. The van der Waals surface area contributed by atoms with Gasteiger partial charge < -0.3 is 10.1 Å². The number of nitrogens with zero attached hydrogens (tertiary/aromatic N) is 1. The second-order valence-electron chi connectivity index (χ2n) is 3.90. The van der Waals surface area contributed by atoms with Crippen molar-refractivity contribution in [3.8, 4) is 5.75 Å². The van der Waals surface area contributed by atoms with Gasteiger partial charge in [0.2, 0.25) is 0 Å². The van der Waals surface area contributed by atoms with Crippen LogP contribution in [-0.2, 0) is 6.42 Å². The van der Waals surface area contributed by atoms with Gasteiger partial charge in [0.15, 0.2) is 0 Å². The van der Waals surface area contributed by atoms with Crippen molar-refractivity contribution in [1.29, 1.82) is 0 Å². The van der Waals surface area contributed by atoms with Crippen LogP contribution in [0.2, 0.25) is 0 Å². The van der Waals surface area contributed by atoms with E-state index in [-0.39, 0.29) is 5.75 Å². The summed E-state index contributed by atoms with van der Waals surface area (Å²) in [6.07, 6.45) is 2.56. The summed E-state index contributed by atoms with van der Waals surface area (Å²) in [5.74, 6) is 0.158. The lowest BCUT2D eigenvalue weighted by atomic mass is 10.2. The first-order valence-electron chi connectivity index (χ1n) is 5.93. The number of alkyl halides is 2. The fraction of sp³-hybridized carbons (Fsp3) is 0.214. The molecule has 0 saturated heterocycles. The zero-order chi connectivity index (χ0) is 13.5. The van der Waals surface area contributed by atoms with E-state index < -0.39 is 6.61 Å². The van der Waals surface area contributed by atoms with Crippen molar-refractivity contribution < 1.29 is 13.5 Å². The molecule has 100 valence electrons. The highest BCUT2D eigenvalue weighted by molar-refractivity contribution is 5.46. The molecule has 3 nitrogen and oxygen atoms in total. The number of hydrogen-bond acceptors (Lipinski definition) is 3. The van der Waals surface area contributed by atoms with Gasteiger partial charge in [0.25, 0.3) is 0 Å². The van der Waals surface area contributed by atoms with Gasteiger partial charge in [-0.1, -0.05) is 6.07 Å². The molecule has 0 radical (unpaired) electrons. The third-order valence-electron chi connectivity index (χ3n) is 2.52. The predicted molar refractivity (Wildman–Crippen MR) is 69.5 cm³/mol. The molecule has 5 heteroatoms. The number of hydrogen-bond donors (Lipinski definition) is 1. The number of rotatable bonds is 6. The molecular formula is C14H14F2N2O. The predicted octanol–water partition coefficient (Wildman–Crippen LogP) is 3.34. The van der Waals surface area contributed by atoms with Crippen LogP contribution in [0, 0.1) is 0 Å². The van der Waals surface area contributed by atoms with E-state index in [2.05, 4.69) is 15.0 Å². The van der Waals surface area contributed by atoms with Crippen LogP contribution in [0.4, 0.5) is 14.5 Å². The van der Waals surface area contributed by atoms with Gasteiger partial charge >= 0.3 is 6.61 Å². The van der Waals surface area contributed by atoms with Crippen molar-refractivity contribution in [3.63, 3.8) is 0 Å². The van der Waals surface area contributed by atoms with E-state index in [0.29, 0.717) is 0 Å². The van der Waals surface area contributed by atoms with Crippen molar-refractivity contribution in [2.24, 2.45) is 0 Å². The van der Waals surface area contributed by atoms with E-state index >= 15 is 0 Å². The Bertz CT molecular complexity index is 489. The summed E-state index contributed by atoms with van der Waals surface area (Å²) in [4.78, 5) is 4.21. The van der Waals surface area contributed by atoms with Gasteiger partial charge in [0, 0.05) is 30.5 Å². The summed E-state index contributed by atoms with van der Waals surface area (Å²) in [5, 5.41) is 3.19. The molecule has 0 aliphatic heterocycles. The molecule has 1 N–H and O–H groups in total. The standard InChI is InChI=1S/C14H14F2N2O/c15-14(16)19-13-6-4-12(5-7-13)18-10-8-11-3-1-2-9-17-11/h1-7,9,14,18H,8,10H2. The Morgan fingerprint density at radius 1 is 1.11 bits per heavy atom. The van der Waals surface area contributed by atoms with Crippen LogP contribution < -0.4 is 10.1 Å². The second kappa shape index (κ2) is 6.68. The van der Waals surface area contributed by atoms with E-state index in [4.69, 9.17) is 0 Å². The zero-order valence-corrected chi connectivity index (χ0v) is 10.2. The summed E-state index contributed by atoms with van der Waals surface area (Å²) in [6, 6.07) is 12.2. The average Bonchev–Trinajstić information content (AvgIpc) is 2.41. The quantitative estimate of drug-likeness (QED) is 0.869. The Hall–Kier alpha value is -2.17. The topological polar surface area (TPSA) is 34.1 Å². The number of ether oxygens (including phenoxy) is 1. The van der Waals surface area contributed by atoms with E-state index in [1.807, 2.05) is 18.2 Å². The van der Waals surface area contributed by atoms with Crippen LogP contribution in [0.1, 0.15) is 5.69 Å². The summed E-state index contributed by atoms with van der Waals surface area (Å²) in [5.41, 5.74) is 1.87. The van der Waals surface area contributed by atoms with E-state index in [1.165, 1.54) is 12.1 Å². The van der Waals surface area contributed by atoms with Crippen LogP contribution >= 0.6 is 0 Å². The molecular weight excluding hydrogens is 250 g/mol. The van der Waals surface area contributed by atoms with Crippen LogP contribution in [0.25, 0.3) is 0 Å². The number of anilines is 1. The van der Waals surface area contributed by atoms with Crippen molar-refractivity contribution in [1.82, 2.24) is 4.98 Å². The van der Waals surface area contributed by atoms with Gasteiger partial charge in [-0.15, -0.1) is 0 Å². The van der Waals surface area contributed by atoms with Crippen LogP contribution in [-0.4, -0.2) is 18.1 Å². The molecule has 0 unspecified atom stereocenters. The highest BCUT2D eigenvalue weighted by Crippen LogP contribution is 2.17. The molecule has 0 amide bonds. The summed E-state index contributed by atoms with van der Waals surface area (Å²) < 4.78 is 28.2. The molecule has 2 rings (SSSR count). The van der Waals surface area contributed by atoms with Crippen molar-refractivity contribution >= 4 is 5.69 Å². The van der Waals surface area contributed by atoms with Crippen LogP contribution in [0.3, 0.4) is 0 Å². The molecule has 0 fully saturated rings. The van der Waals surface area contributed by atoms with E-state index in [1.54, 1.807) is 18.3 Å². The van der Waals surface area contributed by atoms with E-state index in [0.717, 1.165) is 24.3 Å². The third kappa shape index (κ3) is 4.54. The minimum Gasteiger partial charge on any atom is -0.435 e. The molecule has 0 saturated carbocycles. The summed E-state index contributed by atoms with van der Waals surface area (Å²) >= 11 is 0. The molecule has 0 spiro atoms. The molecule has 0 bridgehead atoms. The average molecular weight is 264 g/mol. The fourth-order valence-corrected chi connectivity index (χ4v) is 1.64. The molecule has 0 atom stereocenters. The first-order valence-corrected chi connectivity index (χ1v) is 5.93. The highest BCUT2D eigenvalue weighted by atomic mass is 19.3. The number of halogens is 2. The molecule has 1 heterocycles. The maximum Gasteiger partial charge on any atom is 0.387 e. The molecule has 0 aliphatic rings. The Kier molecular flexibility index (Phi) is 4.66. The van der Waals surface area contributed by atoms with Crippen molar-refractivity contribution in [2.45, 2.75) is 13.0 Å². The molecule has 1 aromatic carbocycles. The second-order valence-corrected chi connectivity index (χ2v) is 3.90. The first kappa shape index (κ1) is 13.3. The van der Waals surface area contributed by atoms with Crippen molar-refractivity contribution in [2.75, 3.05) is 11.9 Å². The molecule has 2 aromatic rings. The van der Waals surface area contributed by atoms with Gasteiger partial charge in [0.1, 0.15) is 5.75 Å². The van der Waals surface area contributed by atoms with Gasteiger partial charge in [-0.3, -0.25) is 4.98 Å². The van der Waals surface area contributed by atoms with Gasteiger partial charge in [-0.05, 0) is 36.4 Å². The lowest BCUT2D eigenvalue weighted by Crippen LogP contribution is -2.06.